The van der Waals surface area contributed by atoms with Crippen LogP contribution < -0.4 is 5.32 Å². The molecule has 3 rings (SSSR count). The predicted octanol–water partition coefficient (Wildman–Crippen LogP) is 4.44. The minimum absolute atomic E-state index is 0.372. The van der Waals surface area contributed by atoms with Crippen LogP contribution in [-0.4, -0.2) is 11.0 Å². The molecule has 1 aliphatic carbocycles. The molecule has 1 N–H and O–H groups in total. The summed E-state index contributed by atoms with van der Waals surface area (Å²) in [6.45, 7) is 2.21. The zero-order chi connectivity index (χ0) is 13.9. The van der Waals surface area contributed by atoms with Crippen molar-refractivity contribution in [3.8, 4) is 0 Å². The average molecular weight is 331 g/mol. The van der Waals surface area contributed by atoms with Crippen LogP contribution in [0, 0.1) is 0 Å². The maximum Gasteiger partial charge on any atom is 0.0315 e. The van der Waals surface area contributed by atoms with Gasteiger partial charge in [-0.3, -0.25) is 4.98 Å². The third-order valence-corrected chi connectivity index (χ3v) is 4.62. The molecule has 2 aromatic rings. The van der Waals surface area contributed by atoms with Crippen LogP contribution in [0.5, 0.6) is 0 Å². The summed E-state index contributed by atoms with van der Waals surface area (Å²) in [6, 6.07) is 13.8. The highest BCUT2D eigenvalue weighted by Crippen LogP contribution is 2.38. The monoisotopic (exact) mass is 330 g/mol. The number of hydrogen-bond donors (Lipinski definition) is 1. The Morgan fingerprint density at radius 3 is 2.80 bits per heavy atom. The molecule has 0 amide bonds. The quantitative estimate of drug-likeness (QED) is 0.896. The minimum Gasteiger partial charge on any atom is -0.307 e. The molecule has 0 bridgehead atoms. The van der Waals surface area contributed by atoms with Crippen LogP contribution in [-0.2, 0) is 0 Å². The first-order chi connectivity index (χ1) is 9.72. The van der Waals surface area contributed by atoms with E-state index < -0.39 is 0 Å². The predicted molar refractivity (Wildman–Crippen MR) is 85.7 cm³/mol. The first kappa shape index (κ1) is 13.8. The van der Waals surface area contributed by atoms with Crippen molar-refractivity contribution in [2.75, 3.05) is 0 Å². The smallest absolute Gasteiger partial charge is 0.0315 e. The number of benzene rings is 1. The van der Waals surface area contributed by atoms with E-state index in [1.165, 1.54) is 28.4 Å². The Morgan fingerprint density at radius 2 is 2.10 bits per heavy atom. The van der Waals surface area contributed by atoms with Crippen LogP contribution in [0.25, 0.3) is 0 Å². The summed E-state index contributed by atoms with van der Waals surface area (Å²) in [5, 5.41) is 3.70. The summed E-state index contributed by atoms with van der Waals surface area (Å²) in [7, 11) is 0. The molecule has 0 aliphatic heterocycles. The molecule has 1 atom stereocenters. The van der Waals surface area contributed by atoms with Crippen molar-refractivity contribution < 1.29 is 0 Å². The van der Waals surface area contributed by atoms with Crippen molar-refractivity contribution in [1.82, 2.24) is 10.3 Å². The molecule has 1 fully saturated rings. The molecule has 1 aliphatic rings. The number of pyridine rings is 1. The van der Waals surface area contributed by atoms with Crippen molar-refractivity contribution in [3.05, 3.63) is 64.4 Å². The summed E-state index contributed by atoms with van der Waals surface area (Å²) in [4.78, 5) is 4.18. The molecule has 3 heteroatoms. The molecule has 104 valence electrons. The number of halogens is 1. The Kier molecular flexibility index (Phi) is 4.18. The Bertz CT molecular complexity index is 564. The van der Waals surface area contributed by atoms with Gasteiger partial charge in [0.25, 0.3) is 0 Å². The normalized spacial score (nSPS) is 23.1. The fraction of sp³-hybridized carbons (Fsp3) is 0.353. The van der Waals surface area contributed by atoms with Crippen LogP contribution in [0.2, 0.25) is 0 Å². The number of rotatable bonds is 4. The summed E-state index contributed by atoms with van der Waals surface area (Å²) < 4.78 is 1.18. The zero-order valence-electron chi connectivity index (χ0n) is 11.6. The lowest BCUT2D eigenvalue weighted by molar-refractivity contribution is 0.270. The fourth-order valence-electron chi connectivity index (χ4n) is 2.87. The maximum atomic E-state index is 4.18. The van der Waals surface area contributed by atoms with Gasteiger partial charge < -0.3 is 5.32 Å². The van der Waals surface area contributed by atoms with E-state index in [0.717, 1.165) is 0 Å². The molecule has 2 nitrogen and oxygen atoms in total. The second kappa shape index (κ2) is 6.06. The Labute approximate surface area is 128 Å². The van der Waals surface area contributed by atoms with Gasteiger partial charge in [0.15, 0.2) is 0 Å². The summed E-state index contributed by atoms with van der Waals surface area (Å²) in [5.74, 6) is 0.700. The van der Waals surface area contributed by atoms with Gasteiger partial charge in [-0.2, -0.15) is 0 Å². The molecule has 1 aromatic heterocycles. The molecule has 1 heterocycles. The third-order valence-electron chi connectivity index (χ3n) is 4.13. The van der Waals surface area contributed by atoms with Crippen molar-refractivity contribution in [3.63, 3.8) is 0 Å². The van der Waals surface area contributed by atoms with Crippen LogP contribution in [0.15, 0.2) is 53.3 Å². The summed E-state index contributed by atoms with van der Waals surface area (Å²) in [5.41, 5.74) is 2.71. The molecule has 20 heavy (non-hydrogen) atoms. The molecule has 0 radical (unpaired) electrons. The second-order valence-electron chi connectivity index (χ2n) is 5.59. The minimum atomic E-state index is 0.372. The largest absolute Gasteiger partial charge is 0.307 e. The van der Waals surface area contributed by atoms with Crippen LogP contribution in [0.3, 0.4) is 0 Å². The molecule has 1 saturated carbocycles. The average Bonchev–Trinajstić information content (AvgIpc) is 2.43. The van der Waals surface area contributed by atoms with E-state index in [9.17, 15) is 0 Å². The van der Waals surface area contributed by atoms with E-state index in [-0.39, 0.29) is 0 Å². The van der Waals surface area contributed by atoms with E-state index in [1.807, 2.05) is 18.5 Å². The molecule has 1 aromatic carbocycles. The van der Waals surface area contributed by atoms with Gasteiger partial charge in [-0.05, 0) is 55.0 Å². The van der Waals surface area contributed by atoms with Crippen molar-refractivity contribution >= 4 is 15.9 Å². The Morgan fingerprint density at radius 1 is 1.25 bits per heavy atom. The van der Waals surface area contributed by atoms with Gasteiger partial charge in [0.2, 0.25) is 0 Å². The van der Waals surface area contributed by atoms with E-state index >= 15 is 0 Å². The standard InChI is InChI=1S/C17H19BrN2/c1-12(14-5-3-7-19-11-14)20-17-9-15(10-17)13-4-2-6-16(18)8-13/h2-8,11-12,15,17,20H,9-10H2,1H3. The van der Waals surface area contributed by atoms with Gasteiger partial charge in [0, 0.05) is 29.0 Å². The molecule has 0 saturated heterocycles. The molecular weight excluding hydrogens is 312 g/mol. The van der Waals surface area contributed by atoms with Gasteiger partial charge in [-0.25, -0.2) is 0 Å². The van der Waals surface area contributed by atoms with Crippen LogP contribution in [0.4, 0.5) is 0 Å². The molecular formula is C17H19BrN2. The Balaban J connectivity index is 1.54. The second-order valence-corrected chi connectivity index (χ2v) is 6.51. The lowest BCUT2D eigenvalue weighted by Gasteiger charge is -2.38. The Hall–Kier alpha value is -1.19. The van der Waals surface area contributed by atoms with Gasteiger partial charge in [-0.15, -0.1) is 0 Å². The zero-order valence-corrected chi connectivity index (χ0v) is 13.2. The topological polar surface area (TPSA) is 24.9 Å². The van der Waals surface area contributed by atoms with Gasteiger partial charge in [0.05, 0.1) is 0 Å². The van der Waals surface area contributed by atoms with Gasteiger partial charge in [0.1, 0.15) is 0 Å². The summed E-state index contributed by atoms with van der Waals surface area (Å²) in [6.07, 6.45) is 6.22. The van der Waals surface area contributed by atoms with E-state index in [4.69, 9.17) is 0 Å². The SMILES string of the molecule is CC(NC1CC(c2cccc(Br)c2)C1)c1cccnc1. The lowest BCUT2D eigenvalue weighted by Crippen LogP contribution is -2.41. The van der Waals surface area contributed by atoms with Crippen LogP contribution in [0.1, 0.15) is 42.9 Å². The summed E-state index contributed by atoms with van der Waals surface area (Å²) >= 11 is 3.55. The van der Waals surface area contributed by atoms with Crippen molar-refractivity contribution in [1.29, 1.82) is 0 Å². The number of hydrogen-bond acceptors (Lipinski definition) is 2. The lowest BCUT2D eigenvalue weighted by atomic mass is 9.75. The number of nitrogens with zero attached hydrogens (tertiary/aromatic N) is 1. The highest BCUT2D eigenvalue weighted by molar-refractivity contribution is 9.10. The number of nitrogens with one attached hydrogen (secondary N) is 1. The first-order valence-electron chi connectivity index (χ1n) is 7.14. The van der Waals surface area contributed by atoms with Gasteiger partial charge in [-0.1, -0.05) is 34.1 Å². The number of aromatic nitrogens is 1. The van der Waals surface area contributed by atoms with Crippen LogP contribution >= 0.6 is 15.9 Å². The molecule has 1 unspecified atom stereocenters. The van der Waals surface area contributed by atoms with Gasteiger partial charge >= 0.3 is 0 Å². The highest BCUT2D eigenvalue weighted by atomic mass is 79.9. The van der Waals surface area contributed by atoms with E-state index in [0.29, 0.717) is 18.0 Å². The fourth-order valence-corrected chi connectivity index (χ4v) is 3.29. The third kappa shape index (κ3) is 3.10. The van der Waals surface area contributed by atoms with E-state index in [1.54, 1.807) is 0 Å². The van der Waals surface area contributed by atoms with Crippen molar-refractivity contribution in [2.45, 2.75) is 37.8 Å². The molecule has 0 spiro atoms. The highest BCUT2D eigenvalue weighted by Gasteiger charge is 2.31. The first-order valence-corrected chi connectivity index (χ1v) is 7.93. The maximum absolute atomic E-state index is 4.18. The van der Waals surface area contributed by atoms with E-state index in [2.05, 4.69) is 63.5 Å². The van der Waals surface area contributed by atoms with Crippen molar-refractivity contribution in [2.24, 2.45) is 0 Å².